The van der Waals surface area contributed by atoms with E-state index >= 15 is 0 Å². The van der Waals surface area contributed by atoms with Crippen molar-refractivity contribution in [2.24, 2.45) is 0 Å². The first-order valence-corrected chi connectivity index (χ1v) is 6.20. The number of likely N-dealkylation sites (N-methyl/N-ethyl adjacent to an activating group) is 2. The normalized spacial score (nSPS) is 12.5. The first kappa shape index (κ1) is 13.0. The fourth-order valence-corrected chi connectivity index (χ4v) is 1.92. The molecule has 90 valence electrons. The number of nitrogens with one attached hydrogen (secondary N) is 1. The highest BCUT2D eigenvalue weighted by molar-refractivity contribution is 5.47. The molecule has 0 radical (unpaired) electrons. The van der Waals surface area contributed by atoms with Crippen LogP contribution in [0.25, 0.3) is 0 Å². The second-order valence-electron chi connectivity index (χ2n) is 4.36. The van der Waals surface area contributed by atoms with Gasteiger partial charge in [0.25, 0.3) is 0 Å². The van der Waals surface area contributed by atoms with Gasteiger partial charge in [-0.15, -0.1) is 0 Å². The highest BCUT2D eigenvalue weighted by atomic mass is 15.1. The predicted octanol–water partition coefficient (Wildman–Crippen LogP) is 2.68. The maximum absolute atomic E-state index is 3.43. The van der Waals surface area contributed by atoms with Crippen LogP contribution >= 0.6 is 0 Å². The minimum Gasteiger partial charge on any atom is -0.373 e. The van der Waals surface area contributed by atoms with Gasteiger partial charge in [-0.1, -0.05) is 26.0 Å². The van der Waals surface area contributed by atoms with Gasteiger partial charge in [0.1, 0.15) is 0 Å². The van der Waals surface area contributed by atoms with Crippen LogP contribution in [0.5, 0.6) is 0 Å². The number of hydrogen-bond donors (Lipinski definition) is 1. The largest absolute Gasteiger partial charge is 0.373 e. The number of aryl methyl sites for hydroxylation is 1. The molecule has 1 N–H and O–H groups in total. The third-order valence-electron chi connectivity index (χ3n) is 2.89. The molecule has 16 heavy (non-hydrogen) atoms. The van der Waals surface area contributed by atoms with Crippen molar-refractivity contribution < 1.29 is 0 Å². The molecule has 0 fully saturated rings. The summed E-state index contributed by atoms with van der Waals surface area (Å²) in [5, 5.41) is 3.43. The predicted molar refractivity (Wildman–Crippen MR) is 72.2 cm³/mol. The van der Waals surface area contributed by atoms with E-state index in [1.807, 2.05) is 0 Å². The van der Waals surface area contributed by atoms with Gasteiger partial charge >= 0.3 is 0 Å². The molecular formula is C14H24N2. The van der Waals surface area contributed by atoms with Crippen molar-refractivity contribution in [3.05, 3.63) is 29.8 Å². The van der Waals surface area contributed by atoms with Crippen LogP contribution in [0.15, 0.2) is 24.3 Å². The Morgan fingerprint density at radius 3 is 2.31 bits per heavy atom. The molecule has 2 nitrogen and oxygen atoms in total. The molecule has 0 aliphatic rings. The molecule has 1 atom stereocenters. The van der Waals surface area contributed by atoms with Crippen LogP contribution < -0.4 is 10.2 Å². The van der Waals surface area contributed by atoms with Gasteiger partial charge in [0, 0.05) is 25.3 Å². The van der Waals surface area contributed by atoms with E-state index in [1.165, 1.54) is 11.3 Å². The summed E-state index contributed by atoms with van der Waals surface area (Å²) in [6.45, 7) is 8.63. The van der Waals surface area contributed by atoms with E-state index in [0.29, 0.717) is 6.04 Å². The van der Waals surface area contributed by atoms with E-state index in [-0.39, 0.29) is 0 Å². The monoisotopic (exact) mass is 220 g/mol. The first-order valence-electron chi connectivity index (χ1n) is 6.20. The number of nitrogens with zero attached hydrogens (tertiary/aromatic N) is 1. The quantitative estimate of drug-likeness (QED) is 0.793. The van der Waals surface area contributed by atoms with Gasteiger partial charge in [-0.05, 0) is 37.6 Å². The minimum absolute atomic E-state index is 0.529. The molecular weight excluding hydrogens is 196 g/mol. The summed E-state index contributed by atoms with van der Waals surface area (Å²) < 4.78 is 0. The Bertz CT molecular complexity index is 292. The van der Waals surface area contributed by atoms with Gasteiger partial charge in [0.05, 0.1) is 0 Å². The van der Waals surface area contributed by atoms with Crippen molar-refractivity contribution in [3.63, 3.8) is 0 Å². The van der Waals surface area contributed by atoms with Gasteiger partial charge < -0.3 is 10.2 Å². The van der Waals surface area contributed by atoms with Gasteiger partial charge in [-0.2, -0.15) is 0 Å². The first-order chi connectivity index (χ1) is 7.67. The fourth-order valence-electron chi connectivity index (χ4n) is 1.92. The molecule has 0 heterocycles. The smallest absolute Gasteiger partial charge is 0.0364 e. The lowest BCUT2D eigenvalue weighted by Crippen LogP contribution is -2.37. The SMILES string of the molecule is CCNC(C)CN(C)c1ccc(CC)cc1. The number of hydrogen-bond acceptors (Lipinski definition) is 2. The highest BCUT2D eigenvalue weighted by Gasteiger charge is 2.05. The molecule has 1 aromatic rings. The van der Waals surface area contributed by atoms with Crippen molar-refractivity contribution >= 4 is 5.69 Å². The van der Waals surface area contributed by atoms with E-state index in [1.54, 1.807) is 0 Å². The second kappa shape index (κ2) is 6.54. The van der Waals surface area contributed by atoms with Crippen molar-refractivity contribution in [3.8, 4) is 0 Å². The van der Waals surface area contributed by atoms with Crippen LogP contribution in [0.1, 0.15) is 26.3 Å². The van der Waals surface area contributed by atoms with E-state index in [2.05, 4.69) is 62.3 Å². The summed E-state index contributed by atoms with van der Waals surface area (Å²) in [6.07, 6.45) is 1.11. The van der Waals surface area contributed by atoms with Gasteiger partial charge in [-0.25, -0.2) is 0 Å². The Hall–Kier alpha value is -1.02. The Balaban J connectivity index is 2.55. The molecule has 1 unspecified atom stereocenters. The molecule has 2 heteroatoms. The van der Waals surface area contributed by atoms with Crippen molar-refractivity contribution in [2.75, 3.05) is 25.0 Å². The maximum Gasteiger partial charge on any atom is 0.0364 e. The van der Waals surface area contributed by atoms with Crippen LogP contribution in [-0.2, 0) is 6.42 Å². The summed E-state index contributed by atoms with van der Waals surface area (Å²) in [4.78, 5) is 2.30. The fraction of sp³-hybridized carbons (Fsp3) is 0.571. The standard InChI is InChI=1S/C14H24N2/c1-5-13-7-9-14(10-8-13)16(4)11-12(3)15-6-2/h7-10,12,15H,5-6,11H2,1-4H3. The number of benzene rings is 1. The van der Waals surface area contributed by atoms with Crippen LogP contribution in [0, 0.1) is 0 Å². The van der Waals surface area contributed by atoms with Crippen molar-refractivity contribution in [1.82, 2.24) is 5.32 Å². The minimum atomic E-state index is 0.529. The van der Waals surface area contributed by atoms with Gasteiger partial charge in [0.15, 0.2) is 0 Å². The van der Waals surface area contributed by atoms with Gasteiger partial charge in [-0.3, -0.25) is 0 Å². The third kappa shape index (κ3) is 3.86. The lowest BCUT2D eigenvalue weighted by Gasteiger charge is -2.24. The zero-order chi connectivity index (χ0) is 12.0. The second-order valence-corrected chi connectivity index (χ2v) is 4.36. The Morgan fingerprint density at radius 2 is 1.81 bits per heavy atom. The van der Waals surface area contributed by atoms with E-state index in [4.69, 9.17) is 0 Å². The highest BCUT2D eigenvalue weighted by Crippen LogP contribution is 2.14. The molecule has 0 aliphatic heterocycles. The summed E-state index contributed by atoms with van der Waals surface area (Å²) in [7, 11) is 2.15. The number of rotatable bonds is 6. The lowest BCUT2D eigenvalue weighted by molar-refractivity contribution is 0.565. The van der Waals surface area contributed by atoms with E-state index in [0.717, 1.165) is 19.5 Å². The van der Waals surface area contributed by atoms with Crippen molar-refractivity contribution in [1.29, 1.82) is 0 Å². The molecule has 0 saturated carbocycles. The van der Waals surface area contributed by atoms with E-state index in [9.17, 15) is 0 Å². The molecule has 0 aromatic heterocycles. The Morgan fingerprint density at radius 1 is 1.19 bits per heavy atom. The molecule has 1 rings (SSSR count). The average Bonchev–Trinajstić information content (AvgIpc) is 2.29. The number of anilines is 1. The Kier molecular flexibility index (Phi) is 5.33. The van der Waals surface area contributed by atoms with Gasteiger partial charge in [0.2, 0.25) is 0 Å². The maximum atomic E-state index is 3.43. The Labute approximate surface area is 99.7 Å². The van der Waals surface area contributed by atoms with Crippen LogP contribution in [0.3, 0.4) is 0 Å². The topological polar surface area (TPSA) is 15.3 Å². The average molecular weight is 220 g/mol. The molecule has 0 spiro atoms. The molecule has 1 aromatic carbocycles. The zero-order valence-corrected chi connectivity index (χ0v) is 11.0. The van der Waals surface area contributed by atoms with Crippen molar-refractivity contribution in [2.45, 2.75) is 33.2 Å². The van der Waals surface area contributed by atoms with Crippen LogP contribution in [0.2, 0.25) is 0 Å². The summed E-state index contributed by atoms with van der Waals surface area (Å²) in [6, 6.07) is 9.36. The zero-order valence-electron chi connectivity index (χ0n) is 11.0. The summed E-state index contributed by atoms with van der Waals surface area (Å²) in [5.74, 6) is 0. The van der Waals surface area contributed by atoms with Crippen LogP contribution in [-0.4, -0.2) is 26.2 Å². The van der Waals surface area contributed by atoms with Crippen LogP contribution in [0.4, 0.5) is 5.69 Å². The summed E-state index contributed by atoms with van der Waals surface area (Å²) in [5.41, 5.74) is 2.69. The molecule has 0 bridgehead atoms. The van der Waals surface area contributed by atoms with E-state index < -0.39 is 0 Å². The molecule has 0 saturated heterocycles. The molecule has 0 amide bonds. The summed E-state index contributed by atoms with van der Waals surface area (Å²) >= 11 is 0. The molecule has 0 aliphatic carbocycles. The lowest BCUT2D eigenvalue weighted by atomic mass is 10.1. The third-order valence-corrected chi connectivity index (χ3v) is 2.89.